The number of rotatable bonds is 6. The highest BCUT2D eigenvalue weighted by atomic mass is 32.2. The number of likely N-dealkylation sites (N-methyl/N-ethyl adjacent to an activating group) is 1. The second-order valence-electron chi connectivity index (χ2n) is 9.56. The molecule has 2 atom stereocenters. The van der Waals surface area contributed by atoms with Crippen molar-refractivity contribution in [3.63, 3.8) is 0 Å². The molecule has 0 radical (unpaired) electrons. The number of anilines is 2. The molecule has 2 heterocycles. The van der Waals surface area contributed by atoms with Gasteiger partial charge < -0.3 is 10.4 Å². The summed E-state index contributed by atoms with van der Waals surface area (Å²) in [4.78, 5) is 1.79. The molecule has 184 valence electrons. The molecule has 0 saturated carbocycles. The predicted molar refractivity (Wildman–Crippen MR) is 127 cm³/mol. The minimum absolute atomic E-state index is 0.0160. The maximum atomic E-state index is 13.9. The summed E-state index contributed by atoms with van der Waals surface area (Å²) in [5.41, 5.74) is 5.72. The lowest BCUT2D eigenvalue weighted by Crippen LogP contribution is -2.42. The van der Waals surface area contributed by atoms with Crippen molar-refractivity contribution in [3.05, 3.63) is 40.7 Å². The average Bonchev–Trinajstić information content (AvgIpc) is 3.53. The lowest BCUT2D eigenvalue weighted by atomic mass is 9.99. The van der Waals surface area contributed by atoms with Gasteiger partial charge in [-0.2, -0.15) is 13.5 Å². The number of alkyl halides is 1. The molecule has 11 heteroatoms. The van der Waals surface area contributed by atoms with Gasteiger partial charge in [-0.25, -0.2) is 8.70 Å². The number of nitrogens with zero attached hydrogens (tertiary/aromatic N) is 5. The molecular formula is C23H30FN6O3S-. The van der Waals surface area contributed by atoms with E-state index >= 15 is 0 Å². The minimum Gasteiger partial charge on any atom is -0.845 e. The van der Waals surface area contributed by atoms with Gasteiger partial charge in [0.2, 0.25) is 0 Å². The molecule has 0 amide bonds. The largest absolute Gasteiger partial charge is 0.845 e. The van der Waals surface area contributed by atoms with Crippen LogP contribution in [0.15, 0.2) is 22.9 Å². The second-order valence-corrected chi connectivity index (χ2v) is 11.1. The Bertz CT molecular complexity index is 1200. The first-order chi connectivity index (χ1) is 16.2. The third-order valence-electron chi connectivity index (χ3n) is 7.17. The number of benzene rings is 1. The Morgan fingerprint density at radius 1 is 1.24 bits per heavy atom. The summed E-state index contributed by atoms with van der Waals surface area (Å²) in [7, 11) is -0.957. The molecule has 1 aliphatic heterocycles. The third-order valence-corrected chi connectivity index (χ3v) is 8.49. The number of halogens is 1. The van der Waals surface area contributed by atoms with E-state index in [-0.39, 0.29) is 31.2 Å². The molecule has 2 aromatic rings. The van der Waals surface area contributed by atoms with Gasteiger partial charge in [-0.1, -0.05) is 6.07 Å². The van der Waals surface area contributed by atoms with Gasteiger partial charge in [-0.05, 0) is 74.2 Å². The Labute approximate surface area is 199 Å². The Morgan fingerprint density at radius 2 is 1.91 bits per heavy atom. The van der Waals surface area contributed by atoms with Crippen LogP contribution in [0.2, 0.25) is 0 Å². The van der Waals surface area contributed by atoms with Crippen molar-refractivity contribution in [1.29, 1.82) is 0 Å². The molecular weight excluding hydrogens is 459 g/mol. The van der Waals surface area contributed by atoms with E-state index in [2.05, 4.69) is 20.9 Å². The fourth-order valence-electron chi connectivity index (χ4n) is 5.54. The predicted octanol–water partition coefficient (Wildman–Crippen LogP) is 1.32. The van der Waals surface area contributed by atoms with Gasteiger partial charge >= 0.3 is 10.2 Å². The molecule has 0 spiro atoms. The molecule has 3 aliphatic rings. The Kier molecular flexibility index (Phi) is 6.01. The van der Waals surface area contributed by atoms with Gasteiger partial charge in [0.05, 0.1) is 24.5 Å². The van der Waals surface area contributed by atoms with Crippen LogP contribution in [0.5, 0.6) is 0 Å². The Balaban J connectivity index is 1.45. The van der Waals surface area contributed by atoms with Crippen LogP contribution in [-0.4, -0.2) is 61.5 Å². The average molecular weight is 490 g/mol. The van der Waals surface area contributed by atoms with Gasteiger partial charge in [-0.3, -0.25) is 9.58 Å². The molecule has 1 saturated heterocycles. The summed E-state index contributed by atoms with van der Waals surface area (Å²) in [5, 5.41) is 19.8. The van der Waals surface area contributed by atoms with Crippen LogP contribution in [0.4, 0.5) is 15.8 Å². The number of hydrogen-bond donors (Lipinski definition) is 1. The first kappa shape index (κ1) is 23.1. The van der Waals surface area contributed by atoms with Gasteiger partial charge in [0, 0.05) is 31.5 Å². The quantitative estimate of drug-likeness (QED) is 0.485. The summed E-state index contributed by atoms with van der Waals surface area (Å²) in [6.45, 7) is 0.227. The standard InChI is InChI=1S/C23H31FN6O3S/c1-28-12-17(24)10-18(28)14-30(19-11-25-29(2)13-19)34(32,33)27-23(31)26-22-20-7-3-5-15(20)9-16-6-4-8-21(16)22/h9,11,13,17-18H,3-8,10,12,14H2,1-2H3,(H2,26,27,31)/p-1/t17-,18-/m0/s1. The van der Waals surface area contributed by atoms with Crippen LogP contribution in [0.1, 0.15) is 41.5 Å². The summed E-state index contributed by atoms with van der Waals surface area (Å²) < 4.78 is 46.8. The van der Waals surface area contributed by atoms with Crippen molar-refractivity contribution in [2.75, 3.05) is 29.8 Å². The highest BCUT2D eigenvalue weighted by Crippen LogP contribution is 2.38. The topological polar surface area (TPSA) is 106 Å². The number of amidine groups is 1. The fourth-order valence-corrected chi connectivity index (χ4v) is 6.61. The molecule has 9 nitrogen and oxygen atoms in total. The van der Waals surface area contributed by atoms with Crippen LogP contribution in [0, 0.1) is 0 Å². The van der Waals surface area contributed by atoms with Crippen molar-refractivity contribution in [2.45, 2.75) is 57.2 Å². The van der Waals surface area contributed by atoms with Crippen LogP contribution >= 0.6 is 0 Å². The maximum absolute atomic E-state index is 13.9. The maximum Gasteiger partial charge on any atom is 0.345 e. The first-order valence-electron chi connectivity index (χ1n) is 11.8. The molecule has 1 N–H and O–H groups in total. The smallest absolute Gasteiger partial charge is 0.345 e. The van der Waals surface area contributed by atoms with Gasteiger partial charge in [0.1, 0.15) is 6.17 Å². The number of fused-ring (bicyclic) bond motifs is 2. The van der Waals surface area contributed by atoms with Crippen LogP contribution < -0.4 is 14.7 Å². The van der Waals surface area contributed by atoms with Gasteiger partial charge in [0.25, 0.3) is 0 Å². The monoisotopic (exact) mass is 489 g/mol. The number of aryl methyl sites for hydroxylation is 3. The van der Waals surface area contributed by atoms with Crippen molar-refractivity contribution in [1.82, 2.24) is 14.7 Å². The van der Waals surface area contributed by atoms with E-state index in [9.17, 15) is 17.9 Å². The zero-order valence-corrected chi connectivity index (χ0v) is 20.3. The third kappa shape index (κ3) is 4.38. The van der Waals surface area contributed by atoms with Crippen LogP contribution in [0.3, 0.4) is 0 Å². The summed E-state index contributed by atoms with van der Waals surface area (Å²) in [6, 6.07) is 1.00. The lowest BCUT2D eigenvalue weighted by molar-refractivity contribution is -0.213. The number of aromatic nitrogens is 2. The summed E-state index contributed by atoms with van der Waals surface area (Å²) in [5.74, 6) is 0. The SMILES string of the molecule is CN1C[C@@H](F)C[C@H]1CN(c1cnn(C)c1)S(=O)(=O)/N=C(\[O-])Nc1c2c(cc3c1CCC3)CCC2. The second kappa shape index (κ2) is 8.84. The minimum atomic E-state index is -4.39. The molecule has 1 fully saturated rings. The van der Waals surface area contributed by atoms with Crippen molar-refractivity contribution in [2.24, 2.45) is 11.4 Å². The van der Waals surface area contributed by atoms with Gasteiger partial charge in [-0.15, -0.1) is 4.40 Å². The van der Waals surface area contributed by atoms with Gasteiger partial charge in [0.15, 0.2) is 0 Å². The summed E-state index contributed by atoms with van der Waals surface area (Å²) >= 11 is 0. The highest BCUT2D eigenvalue weighted by molar-refractivity contribution is 7.91. The first-order valence-corrected chi connectivity index (χ1v) is 13.2. The van der Waals surface area contributed by atoms with E-state index in [0.717, 1.165) is 59.6 Å². The molecule has 2 aliphatic carbocycles. The normalized spacial score (nSPS) is 22.7. The number of likely N-dealkylation sites (tertiary alicyclic amines) is 1. The molecule has 34 heavy (non-hydrogen) atoms. The molecule has 0 bridgehead atoms. The van der Waals surface area contributed by atoms with E-state index in [1.54, 1.807) is 25.2 Å². The van der Waals surface area contributed by atoms with Crippen LogP contribution in [0.25, 0.3) is 0 Å². The zero-order valence-electron chi connectivity index (χ0n) is 19.5. The van der Waals surface area contributed by atoms with Crippen molar-refractivity contribution in [3.8, 4) is 0 Å². The number of hydrogen-bond acceptors (Lipinski definition) is 5. The van der Waals surface area contributed by atoms with E-state index < -0.39 is 22.4 Å². The molecule has 5 rings (SSSR count). The van der Waals surface area contributed by atoms with Crippen molar-refractivity contribution >= 4 is 27.6 Å². The van der Waals surface area contributed by atoms with Crippen molar-refractivity contribution < 1.29 is 17.9 Å². The zero-order chi connectivity index (χ0) is 24.0. The Morgan fingerprint density at radius 3 is 2.47 bits per heavy atom. The molecule has 1 aromatic heterocycles. The highest BCUT2D eigenvalue weighted by Gasteiger charge is 2.34. The Hall–Kier alpha value is -2.66. The number of nitrogens with one attached hydrogen (secondary N) is 1. The molecule has 1 aromatic carbocycles. The molecule has 0 unspecified atom stereocenters. The lowest BCUT2D eigenvalue weighted by Gasteiger charge is -2.28. The van der Waals surface area contributed by atoms with E-state index in [4.69, 9.17) is 0 Å². The van der Waals surface area contributed by atoms with E-state index in [1.807, 2.05) is 0 Å². The fraction of sp³-hybridized carbons (Fsp3) is 0.565. The van der Waals surface area contributed by atoms with E-state index in [0.29, 0.717) is 0 Å². The van der Waals surface area contributed by atoms with Crippen LogP contribution in [-0.2, 0) is 42.9 Å². The van der Waals surface area contributed by atoms with E-state index in [1.165, 1.54) is 22.0 Å². The summed E-state index contributed by atoms with van der Waals surface area (Å²) in [6.07, 6.45) is 7.88.